The van der Waals surface area contributed by atoms with E-state index in [1.54, 1.807) is 0 Å². The molecule has 0 atom stereocenters. The van der Waals surface area contributed by atoms with Crippen LogP contribution in [0.25, 0.3) is 0 Å². The Morgan fingerprint density at radius 1 is 1.18 bits per heavy atom. The fourth-order valence-corrected chi connectivity index (χ4v) is 2.57. The third-order valence-electron chi connectivity index (χ3n) is 2.85. The summed E-state index contributed by atoms with van der Waals surface area (Å²) in [5, 5.41) is 0. The molecule has 0 saturated heterocycles. The molecule has 0 saturated carbocycles. The zero-order chi connectivity index (χ0) is 13.2. The van der Waals surface area contributed by atoms with Crippen molar-refractivity contribution >= 4 is 17.4 Å². The van der Waals surface area contributed by atoms with Gasteiger partial charge in [-0.1, -0.05) is 20.8 Å². The standard InChI is InChI=1S/C13H21NO2S/c1-13(2,3)7-6-8-14(4)9-10(15)11(16)12(9)17-5/h6-8H2,1-5H3. The van der Waals surface area contributed by atoms with Gasteiger partial charge in [-0.3, -0.25) is 9.59 Å². The van der Waals surface area contributed by atoms with Gasteiger partial charge in [0.05, 0.1) is 4.90 Å². The predicted octanol–water partition coefficient (Wildman–Crippen LogP) is 2.27. The first-order valence-electron chi connectivity index (χ1n) is 5.86. The van der Waals surface area contributed by atoms with Crippen LogP contribution in [0.5, 0.6) is 0 Å². The molecule has 0 aliphatic carbocycles. The van der Waals surface area contributed by atoms with Crippen LogP contribution in [0.3, 0.4) is 0 Å². The van der Waals surface area contributed by atoms with Crippen LogP contribution in [0.4, 0.5) is 5.69 Å². The quantitative estimate of drug-likeness (QED) is 0.597. The van der Waals surface area contributed by atoms with Crippen LogP contribution in [0.2, 0.25) is 0 Å². The largest absolute Gasteiger partial charge is 0.370 e. The highest BCUT2D eigenvalue weighted by Gasteiger charge is 2.23. The maximum absolute atomic E-state index is 11.5. The van der Waals surface area contributed by atoms with E-state index in [9.17, 15) is 9.59 Å². The summed E-state index contributed by atoms with van der Waals surface area (Å²) in [4.78, 5) is 25.3. The number of anilines is 1. The van der Waals surface area contributed by atoms with Crippen LogP contribution in [0, 0.1) is 5.41 Å². The predicted molar refractivity (Wildman–Crippen MR) is 75.1 cm³/mol. The van der Waals surface area contributed by atoms with E-state index < -0.39 is 0 Å². The molecule has 1 aromatic rings. The number of nitrogens with zero attached hydrogens (tertiary/aromatic N) is 1. The summed E-state index contributed by atoms with van der Waals surface area (Å²) in [5.74, 6) is 0. The van der Waals surface area contributed by atoms with Crippen LogP contribution >= 0.6 is 11.8 Å². The van der Waals surface area contributed by atoms with Gasteiger partial charge in [-0.25, -0.2) is 0 Å². The summed E-state index contributed by atoms with van der Waals surface area (Å²) < 4.78 is 0. The summed E-state index contributed by atoms with van der Waals surface area (Å²) in [6.45, 7) is 7.45. The number of hydrogen-bond donors (Lipinski definition) is 0. The van der Waals surface area contributed by atoms with Gasteiger partial charge in [0.15, 0.2) is 0 Å². The van der Waals surface area contributed by atoms with Gasteiger partial charge in [-0.2, -0.15) is 0 Å². The first-order valence-corrected chi connectivity index (χ1v) is 7.09. The van der Waals surface area contributed by atoms with Crippen molar-refractivity contribution in [3.05, 3.63) is 20.4 Å². The zero-order valence-electron chi connectivity index (χ0n) is 11.3. The minimum absolute atomic E-state index is 0.316. The van der Waals surface area contributed by atoms with Gasteiger partial charge in [0, 0.05) is 13.6 Å². The fraction of sp³-hybridized carbons (Fsp3) is 0.692. The van der Waals surface area contributed by atoms with E-state index in [1.165, 1.54) is 11.8 Å². The molecule has 0 spiro atoms. The average Bonchev–Trinajstić information content (AvgIpc) is 2.22. The van der Waals surface area contributed by atoms with Crippen molar-refractivity contribution in [2.24, 2.45) is 5.41 Å². The Labute approximate surface area is 107 Å². The van der Waals surface area contributed by atoms with Crippen molar-refractivity contribution in [2.45, 2.75) is 38.5 Å². The Bertz CT molecular complexity index is 452. The normalized spacial score (nSPS) is 12.1. The molecule has 17 heavy (non-hydrogen) atoms. The molecule has 1 rings (SSSR count). The molecule has 0 amide bonds. The minimum atomic E-state index is -0.326. The molecule has 0 heterocycles. The van der Waals surface area contributed by atoms with Crippen molar-refractivity contribution in [2.75, 3.05) is 24.7 Å². The van der Waals surface area contributed by atoms with Gasteiger partial charge in [0.25, 0.3) is 5.43 Å². The van der Waals surface area contributed by atoms with Crippen LogP contribution in [0.1, 0.15) is 33.6 Å². The highest BCUT2D eigenvalue weighted by atomic mass is 32.2. The van der Waals surface area contributed by atoms with Crippen LogP contribution in [-0.2, 0) is 0 Å². The van der Waals surface area contributed by atoms with E-state index in [4.69, 9.17) is 0 Å². The van der Waals surface area contributed by atoms with Gasteiger partial charge in [0.1, 0.15) is 5.69 Å². The summed E-state index contributed by atoms with van der Waals surface area (Å²) >= 11 is 1.37. The zero-order valence-corrected chi connectivity index (χ0v) is 12.1. The number of hydrogen-bond acceptors (Lipinski definition) is 4. The molecule has 0 fully saturated rings. The molecular formula is C13H21NO2S. The third kappa shape index (κ3) is 3.35. The van der Waals surface area contributed by atoms with Crippen LogP contribution < -0.4 is 15.8 Å². The lowest BCUT2D eigenvalue weighted by atomic mass is 9.90. The monoisotopic (exact) mass is 255 g/mol. The fourth-order valence-electron chi connectivity index (χ4n) is 1.85. The lowest BCUT2D eigenvalue weighted by Gasteiger charge is -2.24. The Kier molecular flexibility index (Phi) is 4.42. The Balaban J connectivity index is 2.60. The van der Waals surface area contributed by atoms with E-state index in [-0.39, 0.29) is 10.9 Å². The van der Waals surface area contributed by atoms with Crippen molar-refractivity contribution in [3.63, 3.8) is 0 Å². The van der Waals surface area contributed by atoms with Crippen LogP contribution in [-0.4, -0.2) is 19.8 Å². The highest BCUT2D eigenvalue weighted by Crippen LogP contribution is 2.24. The molecule has 0 radical (unpaired) electrons. The molecule has 0 unspecified atom stereocenters. The summed E-state index contributed by atoms with van der Waals surface area (Å²) in [7, 11) is 1.89. The second-order valence-corrected chi connectivity index (χ2v) is 6.44. The van der Waals surface area contributed by atoms with Crippen molar-refractivity contribution in [1.82, 2.24) is 0 Å². The van der Waals surface area contributed by atoms with E-state index >= 15 is 0 Å². The molecule has 0 aliphatic rings. The topological polar surface area (TPSA) is 37.4 Å². The Morgan fingerprint density at radius 2 is 1.76 bits per heavy atom. The maximum atomic E-state index is 11.5. The average molecular weight is 255 g/mol. The molecule has 0 aliphatic heterocycles. The van der Waals surface area contributed by atoms with Gasteiger partial charge >= 0.3 is 0 Å². The number of rotatable bonds is 5. The first-order chi connectivity index (χ1) is 7.78. The molecule has 3 nitrogen and oxygen atoms in total. The third-order valence-corrected chi connectivity index (χ3v) is 3.64. The molecule has 96 valence electrons. The van der Waals surface area contributed by atoms with Gasteiger partial charge in [-0.05, 0) is 24.5 Å². The van der Waals surface area contributed by atoms with E-state index in [1.807, 2.05) is 18.2 Å². The molecular weight excluding hydrogens is 234 g/mol. The van der Waals surface area contributed by atoms with Gasteiger partial charge in [-0.15, -0.1) is 11.8 Å². The van der Waals surface area contributed by atoms with Crippen LogP contribution in [0.15, 0.2) is 14.5 Å². The second kappa shape index (κ2) is 5.25. The maximum Gasteiger partial charge on any atom is 0.251 e. The SMILES string of the molecule is CSc1c(N(C)CCCC(C)(C)C)c(=O)c1=O. The molecule has 4 heteroatoms. The van der Waals surface area contributed by atoms with Gasteiger partial charge in [0.2, 0.25) is 5.43 Å². The number of thioether (sulfide) groups is 1. The van der Waals surface area contributed by atoms with E-state index in [0.717, 1.165) is 19.4 Å². The first kappa shape index (κ1) is 14.3. The second-order valence-electron chi connectivity index (χ2n) is 5.63. The smallest absolute Gasteiger partial charge is 0.251 e. The van der Waals surface area contributed by atoms with Crippen molar-refractivity contribution in [3.8, 4) is 0 Å². The van der Waals surface area contributed by atoms with E-state index in [0.29, 0.717) is 16.0 Å². The Morgan fingerprint density at radius 3 is 2.24 bits per heavy atom. The molecule has 0 aromatic heterocycles. The van der Waals surface area contributed by atoms with Crippen molar-refractivity contribution < 1.29 is 0 Å². The summed E-state index contributed by atoms with van der Waals surface area (Å²) in [5.41, 5.74) is 0.274. The lowest BCUT2D eigenvalue weighted by Crippen LogP contribution is -2.40. The molecule has 0 N–H and O–H groups in total. The summed E-state index contributed by atoms with van der Waals surface area (Å²) in [6.07, 6.45) is 3.98. The lowest BCUT2D eigenvalue weighted by molar-refractivity contribution is 0.367. The molecule has 1 aromatic carbocycles. The van der Waals surface area contributed by atoms with Gasteiger partial charge < -0.3 is 4.90 Å². The van der Waals surface area contributed by atoms with E-state index in [2.05, 4.69) is 20.8 Å². The minimum Gasteiger partial charge on any atom is -0.370 e. The Hall–Kier alpha value is -0.770. The summed E-state index contributed by atoms with van der Waals surface area (Å²) in [6, 6.07) is 0. The molecule has 0 bridgehead atoms. The highest BCUT2D eigenvalue weighted by molar-refractivity contribution is 7.98. The van der Waals surface area contributed by atoms with Crippen molar-refractivity contribution in [1.29, 1.82) is 0 Å².